The summed E-state index contributed by atoms with van der Waals surface area (Å²) in [6.45, 7) is 4.38. The molecule has 0 radical (unpaired) electrons. The van der Waals surface area contributed by atoms with Gasteiger partial charge in [0.1, 0.15) is 0 Å². The third-order valence-corrected chi connectivity index (χ3v) is 6.73. The van der Waals surface area contributed by atoms with E-state index in [1.807, 2.05) is 24.3 Å². The van der Waals surface area contributed by atoms with Gasteiger partial charge >= 0.3 is 0 Å². The first-order chi connectivity index (χ1) is 13.7. The van der Waals surface area contributed by atoms with Crippen molar-refractivity contribution in [1.29, 1.82) is 0 Å². The molecule has 0 amide bonds. The second kappa shape index (κ2) is 9.25. The molecule has 2 aliphatic rings. The van der Waals surface area contributed by atoms with Crippen LogP contribution in [0.15, 0.2) is 47.1 Å². The third kappa shape index (κ3) is 4.35. The zero-order valence-electron chi connectivity index (χ0n) is 16.5. The Balaban J connectivity index is 1.74. The van der Waals surface area contributed by atoms with Crippen molar-refractivity contribution < 1.29 is 19.0 Å². The van der Waals surface area contributed by atoms with Gasteiger partial charge in [-0.05, 0) is 62.8 Å². The molecule has 0 aliphatic carbocycles. The summed E-state index contributed by atoms with van der Waals surface area (Å²) < 4.78 is 5.57. The Kier molecular flexibility index (Phi) is 6.50. The molecule has 28 heavy (non-hydrogen) atoms. The van der Waals surface area contributed by atoms with Crippen LogP contribution in [0.2, 0.25) is 5.02 Å². The first-order valence-corrected chi connectivity index (χ1v) is 11.1. The summed E-state index contributed by atoms with van der Waals surface area (Å²) in [4.78, 5) is 16.6. The average Bonchev–Trinajstić information content (AvgIpc) is 3.29. The van der Waals surface area contributed by atoms with Gasteiger partial charge in [-0.2, -0.15) is 0 Å². The maximum Gasteiger partial charge on any atom is 0.261 e. The van der Waals surface area contributed by atoms with E-state index in [0.29, 0.717) is 5.76 Å². The molecule has 2 aromatic rings. The Labute approximate surface area is 172 Å². The van der Waals surface area contributed by atoms with E-state index in [1.54, 1.807) is 6.26 Å². The number of rotatable bonds is 6. The molecule has 2 atom stereocenters. The smallest absolute Gasteiger partial charge is 0.261 e. The topological polar surface area (TPSA) is 39.1 Å². The van der Waals surface area contributed by atoms with Crippen molar-refractivity contribution in [2.24, 2.45) is 0 Å². The molecule has 1 aromatic carbocycles. The quantitative estimate of drug-likeness (QED) is 0.728. The standard InChI is InChI=1S/C23H29ClN2O2/c24-19-11-9-18(10-12-19)21(25-13-3-1-4-14-25)22(26-15-5-2-6-16-26)23(27)20-8-7-17-28-20/h7-12,17,21-22H,1-6,13-16H2/p+2/t21-,22-/m0/s1. The van der Waals surface area contributed by atoms with Crippen LogP contribution in [0.4, 0.5) is 0 Å². The van der Waals surface area contributed by atoms with Crippen molar-refractivity contribution in [3.05, 3.63) is 59.0 Å². The molecule has 0 spiro atoms. The molecule has 1 aromatic heterocycles. The molecule has 0 unspecified atom stereocenters. The predicted octanol–water partition coefficient (Wildman–Crippen LogP) is 2.36. The fourth-order valence-electron chi connectivity index (χ4n) is 5.11. The predicted molar refractivity (Wildman–Crippen MR) is 110 cm³/mol. The number of carbonyl (C=O) groups excluding carboxylic acids is 1. The van der Waals surface area contributed by atoms with Crippen LogP contribution in [0, 0.1) is 0 Å². The highest BCUT2D eigenvalue weighted by Crippen LogP contribution is 2.21. The molecule has 150 valence electrons. The van der Waals surface area contributed by atoms with Crippen molar-refractivity contribution >= 4 is 17.4 Å². The van der Waals surface area contributed by atoms with Crippen molar-refractivity contribution in [3.8, 4) is 0 Å². The van der Waals surface area contributed by atoms with Crippen LogP contribution in [0.5, 0.6) is 0 Å². The van der Waals surface area contributed by atoms with Gasteiger partial charge in [0, 0.05) is 10.6 Å². The fraction of sp³-hybridized carbons (Fsp3) is 0.522. The lowest BCUT2D eigenvalue weighted by molar-refractivity contribution is -0.997. The number of hydrogen-bond acceptors (Lipinski definition) is 2. The highest BCUT2D eigenvalue weighted by Gasteiger charge is 2.46. The van der Waals surface area contributed by atoms with Gasteiger partial charge in [0.2, 0.25) is 6.04 Å². The second-order valence-corrected chi connectivity index (χ2v) is 8.72. The normalized spacial score (nSPS) is 21.3. The molecule has 4 nitrogen and oxygen atoms in total. The number of hydrogen-bond donors (Lipinski definition) is 2. The Morgan fingerprint density at radius 3 is 2.04 bits per heavy atom. The van der Waals surface area contributed by atoms with Gasteiger partial charge < -0.3 is 14.2 Å². The number of carbonyl (C=O) groups is 1. The lowest BCUT2D eigenvalue weighted by atomic mass is 9.89. The summed E-state index contributed by atoms with van der Waals surface area (Å²) in [5, 5.41) is 0.746. The SMILES string of the molecule is O=C(c1ccco1)[C@H]([C@H](c1ccc(Cl)cc1)[NH+]1CCCCC1)[NH+]1CCCCC1. The van der Waals surface area contributed by atoms with Crippen molar-refractivity contribution in [2.75, 3.05) is 26.2 Å². The summed E-state index contributed by atoms with van der Waals surface area (Å²) in [5.41, 5.74) is 1.23. The molecule has 2 fully saturated rings. The minimum atomic E-state index is -0.110. The number of piperidine rings is 2. The number of halogens is 1. The molecule has 4 rings (SSSR count). The molecule has 2 N–H and O–H groups in total. The molecule has 2 aliphatic heterocycles. The summed E-state index contributed by atoms with van der Waals surface area (Å²) in [6, 6.07) is 11.9. The number of furan rings is 1. The van der Waals surface area contributed by atoms with E-state index in [9.17, 15) is 4.79 Å². The van der Waals surface area contributed by atoms with Crippen LogP contribution in [0.3, 0.4) is 0 Å². The summed E-state index contributed by atoms with van der Waals surface area (Å²) in [5.74, 6) is 0.651. The van der Waals surface area contributed by atoms with Gasteiger partial charge in [-0.1, -0.05) is 23.7 Å². The molecule has 5 heteroatoms. The van der Waals surface area contributed by atoms with Crippen LogP contribution in [-0.4, -0.2) is 38.0 Å². The number of quaternary nitrogens is 2. The maximum absolute atomic E-state index is 13.7. The average molecular weight is 403 g/mol. The summed E-state index contributed by atoms with van der Waals surface area (Å²) in [6.07, 6.45) is 9.03. The van der Waals surface area contributed by atoms with Crippen LogP contribution >= 0.6 is 11.6 Å². The molecular weight excluding hydrogens is 372 g/mol. The van der Waals surface area contributed by atoms with Crippen molar-refractivity contribution in [1.82, 2.24) is 0 Å². The monoisotopic (exact) mass is 402 g/mol. The van der Waals surface area contributed by atoms with Crippen molar-refractivity contribution in [2.45, 2.75) is 50.6 Å². The molecule has 2 saturated heterocycles. The second-order valence-electron chi connectivity index (χ2n) is 8.29. The molecule has 0 bridgehead atoms. The Morgan fingerprint density at radius 2 is 1.46 bits per heavy atom. The van der Waals surface area contributed by atoms with E-state index in [4.69, 9.17) is 16.0 Å². The van der Waals surface area contributed by atoms with Gasteiger partial charge in [-0.25, -0.2) is 0 Å². The Morgan fingerprint density at radius 1 is 0.857 bits per heavy atom. The highest BCUT2D eigenvalue weighted by molar-refractivity contribution is 6.30. The first kappa shape index (κ1) is 19.7. The minimum absolute atomic E-state index is 0.110. The van der Waals surface area contributed by atoms with E-state index in [1.165, 1.54) is 53.9 Å². The van der Waals surface area contributed by atoms with Gasteiger partial charge in [-0.3, -0.25) is 4.79 Å². The first-order valence-electron chi connectivity index (χ1n) is 10.8. The number of ketones is 1. The van der Waals surface area contributed by atoms with Crippen molar-refractivity contribution in [3.63, 3.8) is 0 Å². The van der Waals surface area contributed by atoms with Crippen LogP contribution < -0.4 is 9.80 Å². The maximum atomic E-state index is 13.7. The van der Waals surface area contributed by atoms with E-state index in [2.05, 4.69) is 12.1 Å². The van der Waals surface area contributed by atoms with E-state index < -0.39 is 0 Å². The zero-order valence-corrected chi connectivity index (χ0v) is 17.2. The number of benzene rings is 1. The van der Waals surface area contributed by atoms with Crippen LogP contribution in [-0.2, 0) is 0 Å². The lowest BCUT2D eigenvalue weighted by Crippen LogP contribution is -3.24. The Bertz CT molecular complexity index is 747. The summed E-state index contributed by atoms with van der Waals surface area (Å²) >= 11 is 6.18. The highest BCUT2D eigenvalue weighted by atomic mass is 35.5. The zero-order chi connectivity index (χ0) is 19.3. The van der Waals surface area contributed by atoms with E-state index >= 15 is 0 Å². The number of Topliss-reactive ketones (excluding diaryl/α,β-unsaturated/α-hetero) is 1. The van der Waals surface area contributed by atoms with Crippen LogP contribution in [0.1, 0.15) is 60.7 Å². The number of likely N-dealkylation sites (tertiary alicyclic amines) is 2. The van der Waals surface area contributed by atoms with E-state index in [0.717, 1.165) is 31.2 Å². The van der Waals surface area contributed by atoms with Crippen LogP contribution in [0.25, 0.3) is 0 Å². The Hall–Kier alpha value is -1.62. The minimum Gasteiger partial charge on any atom is -0.461 e. The molecule has 3 heterocycles. The molecular formula is C23H31ClN2O2+2. The fourth-order valence-corrected chi connectivity index (χ4v) is 5.24. The third-order valence-electron chi connectivity index (χ3n) is 6.48. The largest absolute Gasteiger partial charge is 0.461 e. The van der Waals surface area contributed by atoms with E-state index in [-0.39, 0.29) is 17.9 Å². The van der Waals surface area contributed by atoms with Gasteiger partial charge in [-0.15, -0.1) is 0 Å². The lowest BCUT2D eigenvalue weighted by Gasteiger charge is -2.39. The molecule has 0 saturated carbocycles. The number of nitrogens with one attached hydrogen (secondary N) is 2. The van der Waals surface area contributed by atoms with Gasteiger partial charge in [0.25, 0.3) is 5.78 Å². The summed E-state index contributed by atoms with van der Waals surface area (Å²) in [7, 11) is 0. The van der Waals surface area contributed by atoms with Gasteiger partial charge in [0.05, 0.1) is 32.4 Å². The van der Waals surface area contributed by atoms with Gasteiger partial charge in [0.15, 0.2) is 11.8 Å².